The summed E-state index contributed by atoms with van der Waals surface area (Å²) < 4.78 is 11.9. The highest BCUT2D eigenvalue weighted by Gasteiger charge is 2.40. The van der Waals surface area contributed by atoms with Gasteiger partial charge in [-0.3, -0.25) is 4.79 Å². The van der Waals surface area contributed by atoms with Gasteiger partial charge in [-0.2, -0.15) is 0 Å². The Hall–Kier alpha value is -1.55. The van der Waals surface area contributed by atoms with E-state index in [1.54, 1.807) is 0 Å². The van der Waals surface area contributed by atoms with Crippen molar-refractivity contribution in [2.45, 2.75) is 84.3 Å². The van der Waals surface area contributed by atoms with E-state index in [-0.39, 0.29) is 12.0 Å². The maximum absolute atomic E-state index is 12.9. The number of rotatable bonds is 8. The Bertz CT molecular complexity index is 564. The number of benzene rings is 1. The van der Waals surface area contributed by atoms with Gasteiger partial charge in [0.1, 0.15) is 11.4 Å². The molecule has 1 N–H and O–H groups in total. The van der Waals surface area contributed by atoms with Gasteiger partial charge < -0.3 is 14.8 Å². The summed E-state index contributed by atoms with van der Waals surface area (Å²) in [6.07, 6.45) is 7.00. The summed E-state index contributed by atoms with van der Waals surface area (Å²) in [5.74, 6) is 0.873. The molecular formula is C21H33NO3. The van der Waals surface area contributed by atoms with Crippen LogP contribution in [-0.2, 0) is 9.53 Å². The molecule has 0 spiro atoms. The van der Waals surface area contributed by atoms with Gasteiger partial charge in [-0.1, -0.05) is 33.1 Å². The van der Waals surface area contributed by atoms with Crippen molar-refractivity contribution >= 4 is 11.6 Å². The van der Waals surface area contributed by atoms with Gasteiger partial charge in [0.05, 0.1) is 6.10 Å². The number of amides is 1. The fourth-order valence-corrected chi connectivity index (χ4v) is 3.26. The number of ether oxygens (including phenoxy) is 2. The third-order valence-corrected chi connectivity index (χ3v) is 4.99. The van der Waals surface area contributed by atoms with Gasteiger partial charge in [0.25, 0.3) is 5.91 Å². The summed E-state index contributed by atoms with van der Waals surface area (Å²) in [5, 5.41) is 3.08. The third-order valence-electron chi connectivity index (χ3n) is 4.99. The molecule has 1 aromatic carbocycles. The lowest BCUT2D eigenvalue weighted by atomic mass is 9.83. The number of anilines is 1. The summed E-state index contributed by atoms with van der Waals surface area (Å²) in [6, 6.07) is 5.84. The van der Waals surface area contributed by atoms with Crippen molar-refractivity contribution in [3.63, 3.8) is 0 Å². The number of nitrogens with one attached hydrogen (secondary N) is 1. The lowest BCUT2D eigenvalue weighted by Gasteiger charge is -2.35. The highest BCUT2D eigenvalue weighted by atomic mass is 16.5. The average Bonchev–Trinajstić information content (AvgIpc) is 2.62. The fourth-order valence-electron chi connectivity index (χ4n) is 3.26. The quantitative estimate of drug-likeness (QED) is 0.699. The molecule has 1 aromatic rings. The van der Waals surface area contributed by atoms with Gasteiger partial charge in [-0.05, 0) is 63.3 Å². The van der Waals surface area contributed by atoms with Crippen LogP contribution >= 0.6 is 0 Å². The highest BCUT2D eigenvalue weighted by Crippen LogP contribution is 2.33. The fraction of sp³-hybridized carbons (Fsp3) is 0.667. The summed E-state index contributed by atoms with van der Waals surface area (Å²) in [7, 11) is 0. The zero-order chi connectivity index (χ0) is 18.3. The summed E-state index contributed by atoms with van der Waals surface area (Å²) in [4.78, 5) is 12.9. The van der Waals surface area contributed by atoms with Crippen LogP contribution in [-0.4, -0.2) is 24.2 Å². The van der Waals surface area contributed by atoms with E-state index in [1.165, 1.54) is 6.42 Å². The molecule has 0 bridgehead atoms. The van der Waals surface area contributed by atoms with Crippen molar-refractivity contribution in [3.8, 4) is 5.75 Å². The third kappa shape index (κ3) is 5.21. The van der Waals surface area contributed by atoms with Crippen LogP contribution in [0.1, 0.15) is 71.3 Å². The van der Waals surface area contributed by atoms with E-state index in [4.69, 9.17) is 9.47 Å². The van der Waals surface area contributed by atoms with E-state index < -0.39 is 5.60 Å². The van der Waals surface area contributed by atoms with Crippen LogP contribution in [0.25, 0.3) is 0 Å². The predicted octanol–water partition coefficient (Wildman–Crippen LogP) is 5.24. The number of hydrogen-bond donors (Lipinski definition) is 1. The van der Waals surface area contributed by atoms with E-state index in [9.17, 15) is 4.79 Å². The van der Waals surface area contributed by atoms with Gasteiger partial charge in [0.2, 0.25) is 0 Å². The van der Waals surface area contributed by atoms with Crippen LogP contribution in [0.3, 0.4) is 0 Å². The Morgan fingerprint density at radius 2 is 1.96 bits per heavy atom. The van der Waals surface area contributed by atoms with Gasteiger partial charge >= 0.3 is 0 Å². The molecule has 1 fully saturated rings. The van der Waals surface area contributed by atoms with E-state index >= 15 is 0 Å². The Balaban J connectivity index is 2.08. The second-order valence-electron chi connectivity index (χ2n) is 7.17. The molecule has 4 nitrogen and oxygen atoms in total. The van der Waals surface area contributed by atoms with Gasteiger partial charge in [0.15, 0.2) is 0 Å². The van der Waals surface area contributed by atoms with Crippen LogP contribution in [0.5, 0.6) is 5.75 Å². The number of carbonyl (C=O) groups is 1. The first-order valence-corrected chi connectivity index (χ1v) is 9.73. The summed E-state index contributed by atoms with van der Waals surface area (Å²) in [6.45, 7) is 8.89. The zero-order valence-corrected chi connectivity index (χ0v) is 16.2. The summed E-state index contributed by atoms with van der Waals surface area (Å²) in [5.41, 5.74) is 1.18. The van der Waals surface area contributed by atoms with E-state index in [2.05, 4.69) is 26.1 Å². The van der Waals surface area contributed by atoms with Crippen LogP contribution < -0.4 is 10.1 Å². The smallest absolute Gasteiger partial charge is 0.256 e. The molecule has 0 saturated heterocycles. The molecule has 0 unspecified atom stereocenters. The Kier molecular flexibility index (Phi) is 7.30. The normalized spacial score (nSPS) is 17.8. The maximum Gasteiger partial charge on any atom is 0.256 e. The monoisotopic (exact) mass is 347 g/mol. The molecule has 0 aromatic heterocycles. The topological polar surface area (TPSA) is 47.6 Å². The van der Waals surface area contributed by atoms with Gasteiger partial charge in [-0.25, -0.2) is 0 Å². The number of aryl methyl sites for hydroxylation is 1. The molecule has 0 radical (unpaired) electrons. The van der Waals surface area contributed by atoms with Crippen molar-refractivity contribution in [3.05, 3.63) is 23.8 Å². The Labute approximate surface area is 152 Å². The minimum atomic E-state index is -0.659. The molecular weight excluding hydrogens is 314 g/mol. The average molecular weight is 347 g/mol. The molecule has 1 aliphatic rings. The second kappa shape index (κ2) is 9.23. The minimum absolute atomic E-state index is 0.00403. The summed E-state index contributed by atoms with van der Waals surface area (Å²) >= 11 is 0. The minimum Gasteiger partial charge on any atom is -0.490 e. The Morgan fingerprint density at radius 3 is 2.56 bits per heavy atom. The van der Waals surface area contributed by atoms with Crippen molar-refractivity contribution < 1.29 is 14.3 Å². The Morgan fingerprint density at radius 1 is 1.24 bits per heavy atom. The molecule has 1 saturated carbocycles. The molecule has 0 aliphatic heterocycles. The molecule has 140 valence electrons. The van der Waals surface area contributed by atoms with Gasteiger partial charge in [0, 0.05) is 12.3 Å². The molecule has 1 amide bonds. The maximum atomic E-state index is 12.9. The first-order chi connectivity index (χ1) is 12.0. The van der Waals surface area contributed by atoms with Crippen LogP contribution in [0.2, 0.25) is 0 Å². The van der Waals surface area contributed by atoms with E-state index in [0.29, 0.717) is 6.61 Å². The second-order valence-corrected chi connectivity index (χ2v) is 7.17. The predicted molar refractivity (Wildman–Crippen MR) is 102 cm³/mol. The molecule has 1 atom stereocenters. The molecule has 1 aliphatic carbocycles. The standard InChI is InChI=1S/C21H33NO3/c1-5-14-24-21(12-8-7-9-13-21)20(23)22-18-10-11-19(16(3)15-18)25-17(4)6-2/h10-11,15,17H,5-9,12-14H2,1-4H3,(H,22,23)/t17-/m1/s1. The largest absolute Gasteiger partial charge is 0.490 e. The van der Waals surface area contributed by atoms with E-state index in [1.807, 2.05) is 25.1 Å². The molecule has 25 heavy (non-hydrogen) atoms. The van der Waals surface area contributed by atoms with E-state index in [0.717, 1.165) is 55.5 Å². The van der Waals surface area contributed by atoms with Crippen molar-refractivity contribution in [1.29, 1.82) is 0 Å². The van der Waals surface area contributed by atoms with Crippen LogP contribution in [0.4, 0.5) is 5.69 Å². The SMILES string of the molecule is CCCOC1(C(=O)Nc2ccc(O[C@H](C)CC)c(C)c2)CCCCC1. The number of hydrogen-bond acceptors (Lipinski definition) is 3. The number of carbonyl (C=O) groups excluding carboxylic acids is 1. The lowest BCUT2D eigenvalue weighted by molar-refractivity contribution is -0.146. The van der Waals surface area contributed by atoms with Crippen LogP contribution in [0.15, 0.2) is 18.2 Å². The van der Waals surface area contributed by atoms with Crippen molar-refractivity contribution in [2.75, 3.05) is 11.9 Å². The molecule has 0 heterocycles. The first-order valence-electron chi connectivity index (χ1n) is 9.73. The molecule has 4 heteroatoms. The molecule has 2 rings (SSSR count). The van der Waals surface area contributed by atoms with Crippen molar-refractivity contribution in [2.24, 2.45) is 0 Å². The highest BCUT2D eigenvalue weighted by molar-refractivity contribution is 5.97. The van der Waals surface area contributed by atoms with Crippen molar-refractivity contribution in [1.82, 2.24) is 0 Å². The lowest BCUT2D eigenvalue weighted by Crippen LogP contribution is -2.47. The van der Waals surface area contributed by atoms with Crippen LogP contribution in [0, 0.1) is 6.92 Å². The van der Waals surface area contributed by atoms with Gasteiger partial charge in [-0.15, -0.1) is 0 Å². The zero-order valence-electron chi connectivity index (χ0n) is 16.2. The first kappa shape index (κ1) is 19.8.